The van der Waals surface area contributed by atoms with Crippen LogP contribution in [0.4, 0.5) is 5.95 Å². The highest BCUT2D eigenvalue weighted by Gasteiger charge is 2.21. The Morgan fingerprint density at radius 2 is 1.85 bits per heavy atom. The molecule has 9 heteroatoms. The number of likely N-dealkylation sites (N-methyl/N-ethyl adjacent to an activating group) is 2. The summed E-state index contributed by atoms with van der Waals surface area (Å²) in [6.07, 6.45) is 1.78. The summed E-state index contributed by atoms with van der Waals surface area (Å²) < 4.78 is 28.6. The zero-order valence-electron chi connectivity index (χ0n) is 15.0. The van der Waals surface area contributed by atoms with Crippen LogP contribution < -0.4 is 5.73 Å². The summed E-state index contributed by atoms with van der Waals surface area (Å²) >= 11 is 0. The number of sulfonamides is 1. The molecule has 0 spiro atoms. The Balaban J connectivity index is 1.93. The maximum Gasteiger partial charge on any atom is 0.242 e. The number of pyridine rings is 1. The lowest BCUT2D eigenvalue weighted by atomic mass is 10.1. The number of fused-ring (bicyclic) bond motifs is 1. The molecule has 0 aliphatic carbocycles. The lowest BCUT2D eigenvalue weighted by Crippen LogP contribution is -2.33. The summed E-state index contributed by atoms with van der Waals surface area (Å²) in [4.78, 5) is 6.29. The molecule has 3 rings (SSSR count). The molecular formula is C17H22N6O2S. The predicted octanol–water partition coefficient (Wildman–Crippen LogP) is 1.16. The number of nitrogens with zero attached hydrogens (tertiary/aromatic N) is 5. The third kappa shape index (κ3) is 3.69. The summed E-state index contributed by atoms with van der Waals surface area (Å²) in [6.45, 7) is 1.07. The summed E-state index contributed by atoms with van der Waals surface area (Å²) in [5.41, 5.74) is 7.86. The van der Waals surface area contributed by atoms with Crippen LogP contribution in [0.5, 0.6) is 0 Å². The van der Waals surface area contributed by atoms with E-state index in [1.165, 1.54) is 4.31 Å². The average Bonchev–Trinajstić information content (AvgIpc) is 2.98. The molecule has 0 bridgehead atoms. The molecule has 3 aromatic rings. The van der Waals surface area contributed by atoms with Crippen LogP contribution in [0.3, 0.4) is 0 Å². The molecule has 0 atom stereocenters. The lowest BCUT2D eigenvalue weighted by Gasteiger charge is -2.19. The molecule has 138 valence electrons. The van der Waals surface area contributed by atoms with E-state index in [0.717, 1.165) is 11.1 Å². The van der Waals surface area contributed by atoms with Gasteiger partial charge in [-0.3, -0.25) is 0 Å². The van der Waals surface area contributed by atoms with Gasteiger partial charge in [-0.2, -0.15) is 9.29 Å². The van der Waals surface area contributed by atoms with Gasteiger partial charge in [0.1, 0.15) is 0 Å². The molecule has 2 aromatic heterocycles. The molecule has 2 N–H and O–H groups in total. The number of benzene rings is 1. The van der Waals surface area contributed by atoms with Crippen LogP contribution in [0.1, 0.15) is 0 Å². The third-order valence-corrected chi connectivity index (χ3v) is 5.94. The van der Waals surface area contributed by atoms with E-state index in [0.29, 0.717) is 18.7 Å². The van der Waals surface area contributed by atoms with Gasteiger partial charge in [0.2, 0.25) is 16.0 Å². The van der Waals surface area contributed by atoms with Crippen molar-refractivity contribution in [3.63, 3.8) is 0 Å². The number of rotatable bonds is 6. The number of hydrogen-bond donors (Lipinski definition) is 1. The van der Waals surface area contributed by atoms with E-state index < -0.39 is 10.0 Å². The Bertz CT molecular complexity index is 1030. The van der Waals surface area contributed by atoms with E-state index >= 15 is 0 Å². The van der Waals surface area contributed by atoms with E-state index in [4.69, 9.17) is 5.73 Å². The van der Waals surface area contributed by atoms with Gasteiger partial charge in [0.25, 0.3) is 0 Å². The Morgan fingerprint density at radius 1 is 1.08 bits per heavy atom. The SMILES string of the molecule is CN(C)CCN(C)S(=O)(=O)c1cccc(-c2ccc3nc(N)nn3c2)c1. The minimum Gasteiger partial charge on any atom is -0.366 e. The predicted molar refractivity (Wildman–Crippen MR) is 101 cm³/mol. The highest BCUT2D eigenvalue weighted by Crippen LogP contribution is 2.24. The standard InChI is InChI=1S/C17H22N6O2S/c1-21(2)9-10-22(3)26(24,25)15-6-4-5-13(11-15)14-7-8-16-19-17(18)20-23(16)12-14/h4-8,11-12H,9-10H2,1-3H3,(H2,18,20). The van der Waals surface area contributed by atoms with Gasteiger partial charge in [-0.15, -0.1) is 5.10 Å². The van der Waals surface area contributed by atoms with Crippen molar-refractivity contribution in [3.8, 4) is 11.1 Å². The van der Waals surface area contributed by atoms with E-state index in [9.17, 15) is 8.42 Å². The second-order valence-electron chi connectivity index (χ2n) is 6.35. The van der Waals surface area contributed by atoms with Gasteiger partial charge in [-0.25, -0.2) is 12.9 Å². The van der Waals surface area contributed by atoms with E-state index in [2.05, 4.69) is 10.1 Å². The topological polar surface area (TPSA) is 96.8 Å². The lowest BCUT2D eigenvalue weighted by molar-refractivity contribution is 0.358. The van der Waals surface area contributed by atoms with Crippen molar-refractivity contribution >= 4 is 21.6 Å². The summed E-state index contributed by atoms with van der Waals surface area (Å²) in [5, 5.41) is 4.09. The van der Waals surface area contributed by atoms with Gasteiger partial charge in [0, 0.05) is 31.9 Å². The zero-order chi connectivity index (χ0) is 18.9. The van der Waals surface area contributed by atoms with E-state index in [-0.39, 0.29) is 10.8 Å². The minimum absolute atomic E-state index is 0.195. The van der Waals surface area contributed by atoms with Crippen molar-refractivity contribution in [2.45, 2.75) is 4.90 Å². The first-order valence-electron chi connectivity index (χ1n) is 8.11. The van der Waals surface area contributed by atoms with Crippen LogP contribution in [0.15, 0.2) is 47.5 Å². The zero-order valence-corrected chi connectivity index (χ0v) is 15.8. The van der Waals surface area contributed by atoms with Crippen molar-refractivity contribution in [1.82, 2.24) is 23.8 Å². The Morgan fingerprint density at radius 3 is 2.58 bits per heavy atom. The van der Waals surface area contributed by atoms with Crippen LogP contribution >= 0.6 is 0 Å². The Hall–Kier alpha value is -2.49. The van der Waals surface area contributed by atoms with Gasteiger partial charge in [0.05, 0.1) is 4.90 Å². The molecule has 0 unspecified atom stereocenters. The molecule has 0 radical (unpaired) electrons. The minimum atomic E-state index is -3.55. The molecule has 0 saturated carbocycles. The number of aromatic nitrogens is 3. The fourth-order valence-electron chi connectivity index (χ4n) is 2.55. The molecule has 1 aromatic carbocycles. The molecule has 0 aliphatic heterocycles. The molecular weight excluding hydrogens is 352 g/mol. The highest BCUT2D eigenvalue weighted by molar-refractivity contribution is 7.89. The van der Waals surface area contributed by atoms with E-state index in [1.807, 2.05) is 31.1 Å². The van der Waals surface area contributed by atoms with Crippen molar-refractivity contribution < 1.29 is 8.42 Å². The fraction of sp³-hybridized carbons (Fsp3) is 0.294. The molecule has 0 saturated heterocycles. The molecule has 8 nitrogen and oxygen atoms in total. The van der Waals surface area contributed by atoms with Crippen LogP contribution in [0.2, 0.25) is 0 Å². The van der Waals surface area contributed by atoms with Gasteiger partial charge in [-0.05, 0) is 43.9 Å². The first-order valence-corrected chi connectivity index (χ1v) is 9.55. The van der Waals surface area contributed by atoms with E-state index in [1.54, 1.807) is 42.0 Å². The molecule has 0 fully saturated rings. The Labute approximate surface area is 152 Å². The molecule has 2 heterocycles. The number of hydrogen-bond acceptors (Lipinski definition) is 6. The maximum atomic E-state index is 12.8. The molecule has 26 heavy (non-hydrogen) atoms. The third-order valence-electron chi connectivity index (χ3n) is 4.09. The average molecular weight is 374 g/mol. The van der Waals surface area contributed by atoms with Crippen LogP contribution in [-0.2, 0) is 10.0 Å². The molecule has 0 amide bonds. The van der Waals surface area contributed by atoms with Crippen molar-refractivity contribution in [2.24, 2.45) is 0 Å². The fourth-order valence-corrected chi connectivity index (χ4v) is 3.76. The second kappa shape index (κ2) is 7.02. The summed E-state index contributed by atoms with van der Waals surface area (Å²) in [5.74, 6) is 0.195. The second-order valence-corrected chi connectivity index (χ2v) is 8.39. The van der Waals surface area contributed by atoms with Crippen molar-refractivity contribution in [1.29, 1.82) is 0 Å². The van der Waals surface area contributed by atoms with Crippen LogP contribution in [-0.4, -0.2) is 66.5 Å². The number of nitrogens with two attached hydrogens (primary N) is 1. The largest absolute Gasteiger partial charge is 0.366 e. The number of anilines is 1. The first kappa shape index (κ1) is 18.3. The van der Waals surface area contributed by atoms with Crippen LogP contribution in [0, 0.1) is 0 Å². The van der Waals surface area contributed by atoms with Gasteiger partial charge < -0.3 is 10.6 Å². The first-order chi connectivity index (χ1) is 12.3. The van der Waals surface area contributed by atoms with Crippen LogP contribution in [0.25, 0.3) is 16.8 Å². The Kier molecular flexibility index (Phi) is 4.94. The quantitative estimate of drug-likeness (QED) is 0.695. The highest BCUT2D eigenvalue weighted by atomic mass is 32.2. The van der Waals surface area contributed by atoms with Gasteiger partial charge >= 0.3 is 0 Å². The molecule has 0 aliphatic rings. The maximum absolute atomic E-state index is 12.8. The summed E-state index contributed by atoms with van der Waals surface area (Å²) in [6, 6.07) is 10.5. The monoisotopic (exact) mass is 374 g/mol. The smallest absolute Gasteiger partial charge is 0.242 e. The van der Waals surface area contributed by atoms with Crippen molar-refractivity contribution in [3.05, 3.63) is 42.6 Å². The van der Waals surface area contributed by atoms with Gasteiger partial charge in [0.15, 0.2) is 5.65 Å². The van der Waals surface area contributed by atoms with Gasteiger partial charge in [-0.1, -0.05) is 12.1 Å². The number of nitrogen functional groups attached to an aromatic ring is 1. The van der Waals surface area contributed by atoms with Crippen molar-refractivity contribution in [2.75, 3.05) is 40.0 Å². The summed E-state index contributed by atoms with van der Waals surface area (Å²) in [7, 11) is 1.86. The normalized spacial score (nSPS) is 12.3.